The molecule has 0 aliphatic rings. The maximum Gasteiger partial charge on any atom is 0.259 e. The number of aromatic nitrogens is 2. The Hall–Kier alpha value is -3.41. The number of aryl methyl sites for hydroxylation is 4. The molecule has 0 unspecified atom stereocenters. The van der Waals surface area contributed by atoms with Crippen molar-refractivity contribution in [2.24, 2.45) is 0 Å². The predicted molar refractivity (Wildman–Crippen MR) is 106 cm³/mol. The van der Waals surface area contributed by atoms with E-state index >= 15 is 0 Å². The number of nitrogens with zero attached hydrogens (tertiary/aromatic N) is 2. The van der Waals surface area contributed by atoms with Crippen LogP contribution in [0.5, 0.6) is 0 Å². The van der Waals surface area contributed by atoms with Gasteiger partial charge in [0.1, 0.15) is 11.5 Å². The summed E-state index contributed by atoms with van der Waals surface area (Å²) in [5.74, 6) is 1.33. The Morgan fingerprint density at radius 1 is 1.07 bits per heavy atom. The number of benzene rings is 1. The van der Waals surface area contributed by atoms with Gasteiger partial charge in [-0.05, 0) is 45.4 Å². The minimum atomic E-state index is -0.196. The second kappa shape index (κ2) is 6.96. The van der Waals surface area contributed by atoms with E-state index in [0.717, 1.165) is 22.6 Å². The molecule has 6 nitrogen and oxygen atoms in total. The number of rotatable bonds is 4. The summed E-state index contributed by atoms with van der Waals surface area (Å²) in [5, 5.41) is 7.60. The minimum absolute atomic E-state index is 0.196. The Balaban J connectivity index is 1.72. The van der Waals surface area contributed by atoms with Crippen molar-refractivity contribution in [2.75, 3.05) is 0 Å². The Bertz CT molecular complexity index is 1170. The van der Waals surface area contributed by atoms with Crippen LogP contribution in [0, 0.1) is 27.7 Å². The molecule has 0 bridgehead atoms. The highest BCUT2D eigenvalue weighted by Gasteiger charge is 2.20. The average molecular weight is 375 g/mol. The van der Waals surface area contributed by atoms with Gasteiger partial charge in [0.25, 0.3) is 11.6 Å². The van der Waals surface area contributed by atoms with Crippen LogP contribution >= 0.6 is 0 Å². The first-order chi connectivity index (χ1) is 13.4. The van der Waals surface area contributed by atoms with Gasteiger partial charge in [-0.15, -0.1) is 0 Å². The van der Waals surface area contributed by atoms with Crippen molar-refractivity contribution in [1.29, 1.82) is 0 Å². The molecule has 1 N–H and O–H groups in total. The molecule has 4 rings (SSSR count). The van der Waals surface area contributed by atoms with E-state index in [1.807, 2.05) is 51.1 Å². The Morgan fingerprint density at radius 2 is 1.82 bits per heavy atom. The first-order valence-corrected chi connectivity index (χ1v) is 9.10. The number of carbonyl (C=O) groups excluding carboxylic acids is 1. The first kappa shape index (κ1) is 18.0. The molecule has 4 aromatic rings. The van der Waals surface area contributed by atoms with Crippen molar-refractivity contribution in [3.05, 3.63) is 70.3 Å². The van der Waals surface area contributed by atoms with Crippen LogP contribution in [0.1, 0.15) is 38.7 Å². The second-order valence-corrected chi connectivity index (χ2v) is 7.00. The summed E-state index contributed by atoms with van der Waals surface area (Å²) < 4.78 is 11.0. The molecule has 0 atom stereocenters. The van der Waals surface area contributed by atoms with Crippen LogP contribution in [-0.2, 0) is 6.54 Å². The topological polar surface area (TPSA) is 81.2 Å². The van der Waals surface area contributed by atoms with Crippen LogP contribution in [0.25, 0.3) is 22.4 Å². The summed E-state index contributed by atoms with van der Waals surface area (Å²) in [6.45, 7) is 8.02. The monoisotopic (exact) mass is 375 g/mol. The number of hydrogen-bond acceptors (Lipinski definition) is 5. The molecule has 3 aromatic heterocycles. The maximum atomic E-state index is 13.0. The van der Waals surface area contributed by atoms with Gasteiger partial charge in [-0.2, -0.15) is 0 Å². The van der Waals surface area contributed by atoms with E-state index in [2.05, 4.69) is 15.5 Å². The number of hydrogen-bond donors (Lipinski definition) is 1. The molecule has 3 heterocycles. The standard InChI is InChI=1S/C22H21N3O3/c1-12-5-7-16(8-6-12)11-23-21(26)18-10-19(17-9-13(2)27-15(17)4)24-22-20(18)14(3)25-28-22/h5-10H,11H2,1-4H3,(H,23,26). The molecular formula is C22H21N3O3. The van der Waals surface area contributed by atoms with E-state index in [0.29, 0.717) is 34.6 Å². The summed E-state index contributed by atoms with van der Waals surface area (Å²) in [5.41, 5.74) is 5.14. The van der Waals surface area contributed by atoms with Crippen molar-refractivity contribution in [1.82, 2.24) is 15.5 Å². The fourth-order valence-electron chi connectivity index (χ4n) is 3.28. The van der Waals surface area contributed by atoms with Crippen molar-refractivity contribution in [3.63, 3.8) is 0 Å². The SMILES string of the molecule is Cc1ccc(CNC(=O)c2cc(-c3cc(C)oc3C)nc3onc(C)c23)cc1. The molecule has 28 heavy (non-hydrogen) atoms. The average Bonchev–Trinajstić information content (AvgIpc) is 3.22. The van der Waals surface area contributed by atoms with E-state index in [1.165, 1.54) is 5.56 Å². The minimum Gasteiger partial charge on any atom is -0.466 e. The van der Waals surface area contributed by atoms with Gasteiger partial charge in [0.2, 0.25) is 0 Å². The second-order valence-electron chi connectivity index (χ2n) is 7.00. The van der Waals surface area contributed by atoms with Gasteiger partial charge in [0, 0.05) is 12.1 Å². The molecule has 0 aliphatic carbocycles. The van der Waals surface area contributed by atoms with Crippen LogP contribution in [-0.4, -0.2) is 16.0 Å². The van der Waals surface area contributed by atoms with E-state index in [9.17, 15) is 4.79 Å². The first-order valence-electron chi connectivity index (χ1n) is 9.10. The third-order valence-corrected chi connectivity index (χ3v) is 4.75. The molecule has 6 heteroatoms. The highest BCUT2D eigenvalue weighted by Crippen LogP contribution is 2.30. The van der Waals surface area contributed by atoms with Crippen molar-refractivity contribution < 1.29 is 13.7 Å². The van der Waals surface area contributed by atoms with Gasteiger partial charge in [-0.3, -0.25) is 4.79 Å². The molecule has 0 aliphatic heterocycles. The highest BCUT2D eigenvalue weighted by molar-refractivity contribution is 6.07. The maximum absolute atomic E-state index is 13.0. The molecule has 1 amide bonds. The summed E-state index contributed by atoms with van der Waals surface area (Å²) in [4.78, 5) is 17.5. The highest BCUT2D eigenvalue weighted by atomic mass is 16.5. The lowest BCUT2D eigenvalue weighted by atomic mass is 10.1. The van der Waals surface area contributed by atoms with E-state index in [4.69, 9.17) is 8.94 Å². The van der Waals surface area contributed by atoms with Crippen molar-refractivity contribution in [3.8, 4) is 11.3 Å². The van der Waals surface area contributed by atoms with Crippen LogP contribution in [0.2, 0.25) is 0 Å². The number of fused-ring (bicyclic) bond motifs is 1. The van der Waals surface area contributed by atoms with Crippen molar-refractivity contribution >= 4 is 17.0 Å². The Morgan fingerprint density at radius 3 is 2.50 bits per heavy atom. The fourth-order valence-corrected chi connectivity index (χ4v) is 3.28. The quantitative estimate of drug-likeness (QED) is 0.562. The number of pyridine rings is 1. The normalized spacial score (nSPS) is 11.1. The van der Waals surface area contributed by atoms with Crippen LogP contribution in [0.15, 0.2) is 45.3 Å². The zero-order valence-corrected chi connectivity index (χ0v) is 16.3. The van der Waals surface area contributed by atoms with E-state index in [1.54, 1.807) is 13.0 Å². The summed E-state index contributed by atoms with van der Waals surface area (Å²) in [6, 6.07) is 11.7. The molecule has 0 spiro atoms. The summed E-state index contributed by atoms with van der Waals surface area (Å²) >= 11 is 0. The lowest BCUT2D eigenvalue weighted by Crippen LogP contribution is -2.23. The summed E-state index contributed by atoms with van der Waals surface area (Å²) in [7, 11) is 0. The zero-order valence-electron chi connectivity index (χ0n) is 16.3. The van der Waals surface area contributed by atoms with Gasteiger partial charge >= 0.3 is 0 Å². The molecule has 0 saturated heterocycles. The van der Waals surface area contributed by atoms with Crippen LogP contribution in [0.3, 0.4) is 0 Å². The molecule has 142 valence electrons. The van der Waals surface area contributed by atoms with Gasteiger partial charge in [-0.1, -0.05) is 35.0 Å². The van der Waals surface area contributed by atoms with Crippen LogP contribution in [0.4, 0.5) is 0 Å². The third-order valence-electron chi connectivity index (χ3n) is 4.75. The molecular weight excluding hydrogens is 354 g/mol. The van der Waals surface area contributed by atoms with Crippen molar-refractivity contribution in [2.45, 2.75) is 34.2 Å². The zero-order chi connectivity index (χ0) is 19.8. The third kappa shape index (κ3) is 3.29. The summed E-state index contributed by atoms with van der Waals surface area (Å²) in [6.07, 6.45) is 0. The predicted octanol–water partition coefficient (Wildman–Crippen LogP) is 4.65. The molecule has 0 radical (unpaired) electrons. The van der Waals surface area contributed by atoms with E-state index in [-0.39, 0.29) is 5.91 Å². The Kier molecular flexibility index (Phi) is 4.47. The molecule has 1 aromatic carbocycles. The number of carbonyl (C=O) groups is 1. The fraction of sp³-hybridized carbons (Fsp3) is 0.227. The number of nitrogens with one attached hydrogen (secondary N) is 1. The van der Waals surface area contributed by atoms with E-state index < -0.39 is 0 Å². The van der Waals surface area contributed by atoms with Gasteiger partial charge in [0.15, 0.2) is 0 Å². The lowest BCUT2D eigenvalue weighted by molar-refractivity contribution is 0.0952. The largest absolute Gasteiger partial charge is 0.466 e. The molecule has 0 saturated carbocycles. The van der Waals surface area contributed by atoms with Crippen LogP contribution < -0.4 is 5.32 Å². The number of amides is 1. The van der Waals surface area contributed by atoms with Gasteiger partial charge in [0.05, 0.1) is 22.3 Å². The smallest absolute Gasteiger partial charge is 0.259 e. The lowest BCUT2D eigenvalue weighted by Gasteiger charge is -2.08. The van der Waals surface area contributed by atoms with Gasteiger partial charge in [-0.25, -0.2) is 4.98 Å². The number of furan rings is 1. The van der Waals surface area contributed by atoms with Gasteiger partial charge < -0.3 is 14.3 Å². The Labute approximate surface area is 162 Å². The molecule has 0 fully saturated rings.